The largest absolute Gasteiger partial charge is 0.497 e. The molecule has 0 unspecified atom stereocenters. The third-order valence-electron chi connectivity index (χ3n) is 3.32. The Balaban J connectivity index is 1.79. The summed E-state index contributed by atoms with van der Waals surface area (Å²) >= 11 is 0. The van der Waals surface area contributed by atoms with Gasteiger partial charge in [-0.1, -0.05) is 18.2 Å². The van der Waals surface area contributed by atoms with Gasteiger partial charge in [-0.3, -0.25) is 9.59 Å². The summed E-state index contributed by atoms with van der Waals surface area (Å²) in [5.74, 6) is 0.0548. The third kappa shape index (κ3) is 4.95. The molecule has 0 radical (unpaired) electrons. The number of carbonyl (C=O) groups excluding carboxylic acids is 2. The van der Waals surface area contributed by atoms with Crippen molar-refractivity contribution in [2.75, 3.05) is 13.7 Å². The first-order valence-electron chi connectivity index (χ1n) is 7.40. The summed E-state index contributed by atoms with van der Waals surface area (Å²) in [5.41, 5.74) is 4.59. The van der Waals surface area contributed by atoms with Gasteiger partial charge in [-0.05, 0) is 48.4 Å². The average Bonchev–Trinajstić information content (AvgIpc) is 2.60. The van der Waals surface area contributed by atoms with E-state index >= 15 is 0 Å². The molecule has 0 aromatic heterocycles. The van der Waals surface area contributed by atoms with Gasteiger partial charge in [0.2, 0.25) is 0 Å². The number of benzene rings is 2. The quantitative estimate of drug-likeness (QED) is 0.629. The molecular weight excluding hydrogens is 306 g/mol. The first-order valence-corrected chi connectivity index (χ1v) is 7.40. The van der Waals surface area contributed by atoms with E-state index in [0.717, 1.165) is 16.9 Å². The lowest BCUT2D eigenvalue weighted by molar-refractivity contribution is -0.120. The molecule has 2 rings (SSSR count). The number of methoxy groups -OCH3 is 1. The van der Waals surface area contributed by atoms with E-state index in [1.165, 1.54) is 6.21 Å². The number of amides is 2. The van der Waals surface area contributed by atoms with Crippen LogP contribution < -0.4 is 15.5 Å². The molecule has 0 aliphatic carbocycles. The Hall–Kier alpha value is -3.15. The lowest BCUT2D eigenvalue weighted by Gasteiger charge is -2.06. The van der Waals surface area contributed by atoms with Gasteiger partial charge < -0.3 is 10.1 Å². The van der Waals surface area contributed by atoms with Crippen molar-refractivity contribution in [3.8, 4) is 5.75 Å². The van der Waals surface area contributed by atoms with Crippen LogP contribution in [0.5, 0.6) is 5.75 Å². The summed E-state index contributed by atoms with van der Waals surface area (Å²) in [4.78, 5) is 23.7. The highest BCUT2D eigenvalue weighted by atomic mass is 16.5. The second-order valence-electron chi connectivity index (χ2n) is 5.06. The highest BCUT2D eigenvalue weighted by Crippen LogP contribution is 2.09. The molecule has 2 aromatic rings. The summed E-state index contributed by atoms with van der Waals surface area (Å²) in [5, 5.41) is 6.41. The number of nitrogens with one attached hydrogen (secondary N) is 2. The molecule has 0 bridgehead atoms. The molecule has 2 aromatic carbocycles. The Kier molecular flexibility index (Phi) is 6.08. The molecule has 6 heteroatoms. The Morgan fingerprint density at radius 2 is 1.83 bits per heavy atom. The number of hydrazone groups is 1. The van der Waals surface area contributed by atoms with Crippen LogP contribution in [0.4, 0.5) is 0 Å². The fourth-order valence-corrected chi connectivity index (χ4v) is 1.99. The molecule has 2 amide bonds. The van der Waals surface area contributed by atoms with E-state index < -0.39 is 5.91 Å². The zero-order chi connectivity index (χ0) is 17.4. The number of carbonyl (C=O) groups is 2. The summed E-state index contributed by atoms with van der Waals surface area (Å²) in [7, 11) is 1.59. The monoisotopic (exact) mass is 325 g/mol. The Labute approximate surface area is 140 Å². The van der Waals surface area contributed by atoms with E-state index in [-0.39, 0.29) is 12.5 Å². The molecule has 0 atom stereocenters. The highest BCUT2D eigenvalue weighted by Gasteiger charge is 2.09. The van der Waals surface area contributed by atoms with Gasteiger partial charge in [0, 0.05) is 5.56 Å². The number of nitrogens with zero attached hydrogens (tertiary/aromatic N) is 1. The topological polar surface area (TPSA) is 79.8 Å². The van der Waals surface area contributed by atoms with E-state index in [1.807, 2.05) is 31.2 Å². The van der Waals surface area contributed by atoms with Crippen molar-refractivity contribution in [1.82, 2.24) is 10.7 Å². The van der Waals surface area contributed by atoms with Gasteiger partial charge in [-0.15, -0.1) is 0 Å². The maximum absolute atomic E-state index is 12.0. The molecule has 0 spiro atoms. The molecule has 124 valence electrons. The Morgan fingerprint density at radius 3 is 2.50 bits per heavy atom. The van der Waals surface area contributed by atoms with Crippen molar-refractivity contribution in [3.05, 3.63) is 65.2 Å². The maximum Gasteiger partial charge on any atom is 0.259 e. The van der Waals surface area contributed by atoms with Crippen LogP contribution in [0, 0.1) is 6.92 Å². The van der Waals surface area contributed by atoms with Crippen molar-refractivity contribution in [3.63, 3.8) is 0 Å². The summed E-state index contributed by atoms with van der Waals surface area (Å²) in [6.07, 6.45) is 1.51. The Bertz CT molecular complexity index is 739. The minimum atomic E-state index is -0.401. The second kappa shape index (κ2) is 8.47. The smallest absolute Gasteiger partial charge is 0.259 e. The van der Waals surface area contributed by atoms with Crippen LogP contribution in [-0.4, -0.2) is 31.7 Å². The summed E-state index contributed by atoms with van der Waals surface area (Å²) < 4.78 is 5.06. The zero-order valence-corrected chi connectivity index (χ0v) is 13.6. The first kappa shape index (κ1) is 17.2. The van der Waals surface area contributed by atoms with E-state index in [4.69, 9.17) is 4.74 Å². The van der Waals surface area contributed by atoms with Gasteiger partial charge in [-0.25, -0.2) is 5.43 Å². The number of rotatable bonds is 6. The molecule has 0 heterocycles. The minimum absolute atomic E-state index is 0.146. The average molecular weight is 325 g/mol. The van der Waals surface area contributed by atoms with Crippen molar-refractivity contribution < 1.29 is 14.3 Å². The van der Waals surface area contributed by atoms with E-state index in [0.29, 0.717) is 5.56 Å². The van der Waals surface area contributed by atoms with Crippen LogP contribution in [0.2, 0.25) is 0 Å². The normalized spacial score (nSPS) is 10.4. The van der Waals surface area contributed by atoms with Crippen molar-refractivity contribution in [2.24, 2.45) is 5.10 Å². The molecular formula is C18H19N3O3. The summed E-state index contributed by atoms with van der Waals surface area (Å²) in [6.45, 7) is 1.70. The molecule has 0 aliphatic rings. The van der Waals surface area contributed by atoms with Crippen molar-refractivity contribution in [1.29, 1.82) is 0 Å². The van der Waals surface area contributed by atoms with Gasteiger partial charge >= 0.3 is 0 Å². The van der Waals surface area contributed by atoms with E-state index in [9.17, 15) is 9.59 Å². The molecule has 2 N–H and O–H groups in total. The first-order chi connectivity index (χ1) is 11.6. The number of ether oxygens (including phenoxy) is 1. The number of hydrogen-bond donors (Lipinski definition) is 2. The number of aryl methyl sites for hydroxylation is 1. The van der Waals surface area contributed by atoms with Crippen molar-refractivity contribution in [2.45, 2.75) is 6.92 Å². The van der Waals surface area contributed by atoms with Gasteiger partial charge in [0.15, 0.2) is 0 Å². The Morgan fingerprint density at radius 1 is 1.12 bits per heavy atom. The number of hydrogen-bond acceptors (Lipinski definition) is 4. The summed E-state index contributed by atoms with van der Waals surface area (Å²) in [6, 6.07) is 14.4. The lowest BCUT2D eigenvalue weighted by Crippen LogP contribution is -2.35. The van der Waals surface area contributed by atoms with Gasteiger partial charge in [0.05, 0.1) is 19.9 Å². The predicted octanol–water partition coefficient (Wildman–Crippen LogP) is 1.88. The molecule has 24 heavy (non-hydrogen) atoms. The SMILES string of the molecule is COc1ccc(/C=N/NC(=O)CNC(=O)c2ccccc2C)cc1. The van der Waals surface area contributed by atoms with Crippen LogP contribution in [0.1, 0.15) is 21.5 Å². The third-order valence-corrected chi connectivity index (χ3v) is 3.32. The van der Waals surface area contributed by atoms with E-state index in [1.54, 1.807) is 31.4 Å². The molecule has 0 saturated heterocycles. The van der Waals surface area contributed by atoms with E-state index in [2.05, 4.69) is 15.8 Å². The van der Waals surface area contributed by atoms with Crippen LogP contribution in [0.15, 0.2) is 53.6 Å². The maximum atomic E-state index is 12.0. The van der Waals surface area contributed by atoms with Gasteiger partial charge in [-0.2, -0.15) is 5.10 Å². The van der Waals surface area contributed by atoms with Crippen LogP contribution in [0.3, 0.4) is 0 Å². The van der Waals surface area contributed by atoms with Gasteiger partial charge in [0.25, 0.3) is 11.8 Å². The van der Waals surface area contributed by atoms with Crippen LogP contribution in [0.25, 0.3) is 0 Å². The molecule has 0 fully saturated rings. The fraction of sp³-hybridized carbons (Fsp3) is 0.167. The van der Waals surface area contributed by atoms with Crippen LogP contribution in [-0.2, 0) is 4.79 Å². The molecule has 0 aliphatic heterocycles. The lowest BCUT2D eigenvalue weighted by atomic mass is 10.1. The zero-order valence-electron chi connectivity index (χ0n) is 13.6. The predicted molar refractivity (Wildman–Crippen MR) is 92.2 cm³/mol. The van der Waals surface area contributed by atoms with Crippen molar-refractivity contribution >= 4 is 18.0 Å². The second-order valence-corrected chi connectivity index (χ2v) is 5.06. The molecule has 0 saturated carbocycles. The minimum Gasteiger partial charge on any atom is -0.497 e. The fourth-order valence-electron chi connectivity index (χ4n) is 1.99. The standard InChI is InChI=1S/C18H19N3O3/c1-13-5-3-4-6-16(13)18(23)19-12-17(22)21-20-11-14-7-9-15(24-2)10-8-14/h3-11H,12H2,1-2H3,(H,19,23)(H,21,22)/b20-11+. The molecule has 6 nitrogen and oxygen atoms in total. The highest BCUT2D eigenvalue weighted by molar-refractivity contribution is 5.97. The van der Waals surface area contributed by atoms with Gasteiger partial charge in [0.1, 0.15) is 5.75 Å². The van der Waals surface area contributed by atoms with Crippen LogP contribution >= 0.6 is 0 Å².